The van der Waals surface area contributed by atoms with Crippen LogP contribution in [0.3, 0.4) is 0 Å². The van der Waals surface area contributed by atoms with E-state index in [1.165, 1.54) is 15.3 Å². The number of hydrogen-bond acceptors (Lipinski definition) is 5. The lowest BCUT2D eigenvalue weighted by atomic mass is 9.91. The summed E-state index contributed by atoms with van der Waals surface area (Å²) in [6.07, 6.45) is 0.907. The fourth-order valence-corrected chi connectivity index (χ4v) is 6.16. The lowest BCUT2D eigenvalue weighted by Crippen LogP contribution is -2.50. The molecule has 1 aromatic rings. The summed E-state index contributed by atoms with van der Waals surface area (Å²) in [5.41, 5.74) is 0.271. The molecular formula is C22H34F2N4O3S. The van der Waals surface area contributed by atoms with Crippen LogP contribution in [0.5, 0.6) is 0 Å². The van der Waals surface area contributed by atoms with Crippen molar-refractivity contribution in [3.05, 3.63) is 17.8 Å². The number of nitrogens with one attached hydrogen (secondary N) is 1. The summed E-state index contributed by atoms with van der Waals surface area (Å²) in [5.74, 6) is -2.75. The van der Waals surface area contributed by atoms with Crippen molar-refractivity contribution in [1.82, 2.24) is 14.2 Å². The van der Waals surface area contributed by atoms with Gasteiger partial charge in [0.05, 0.1) is 0 Å². The van der Waals surface area contributed by atoms with Gasteiger partial charge in [-0.2, -0.15) is 4.31 Å². The zero-order chi connectivity index (χ0) is 23.9. The van der Waals surface area contributed by atoms with Gasteiger partial charge < -0.3 is 10.2 Å². The smallest absolute Gasteiger partial charge is 0.248 e. The molecule has 1 aromatic heterocycles. The molecule has 0 unspecified atom stereocenters. The highest BCUT2D eigenvalue weighted by atomic mass is 32.2. The molecule has 2 fully saturated rings. The monoisotopic (exact) mass is 472 g/mol. The zero-order valence-electron chi connectivity index (χ0n) is 19.5. The lowest BCUT2D eigenvalue weighted by molar-refractivity contribution is -0.138. The number of amides is 1. The third-order valence-electron chi connectivity index (χ3n) is 6.15. The van der Waals surface area contributed by atoms with E-state index in [-0.39, 0.29) is 54.9 Å². The summed E-state index contributed by atoms with van der Waals surface area (Å²) in [6, 6.07) is 2.03. The third-order valence-corrected chi connectivity index (χ3v) is 8.09. The minimum Gasteiger partial charge on any atom is -0.364 e. The number of carbonyl (C=O) groups is 1. The summed E-state index contributed by atoms with van der Waals surface area (Å²) in [7, 11) is -2.40. The van der Waals surface area contributed by atoms with Crippen LogP contribution >= 0.6 is 0 Å². The Bertz CT molecular complexity index is 952. The number of alkyl halides is 2. The third kappa shape index (κ3) is 5.39. The molecule has 0 bridgehead atoms. The molecule has 2 heterocycles. The fourth-order valence-electron chi connectivity index (χ4n) is 4.43. The summed E-state index contributed by atoms with van der Waals surface area (Å²) in [6.45, 7) is 7.77. The number of aryl methyl sites for hydroxylation is 1. The van der Waals surface area contributed by atoms with Crippen molar-refractivity contribution < 1.29 is 22.0 Å². The molecule has 1 N–H and O–H groups in total. The maximum Gasteiger partial charge on any atom is 0.248 e. The van der Waals surface area contributed by atoms with Gasteiger partial charge in [-0.15, -0.1) is 0 Å². The quantitative estimate of drug-likeness (QED) is 0.705. The second-order valence-electron chi connectivity index (χ2n) is 9.98. The SMILES string of the molecule is Cc1ccc(S(=O)(=O)N2CCC[C@H]2C(=O)N(C)C2CCC(F)(F)CC2)c(NC(C)(C)C)n1. The molecule has 3 rings (SSSR count). The first kappa shape index (κ1) is 24.8. The Labute approximate surface area is 189 Å². The minimum absolute atomic E-state index is 0.0395. The molecule has 1 aliphatic carbocycles. The number of pyridine rings is 1. The van der Waals surface area contributed by atoms with Crippen molar-refractivity contribution in [2.75, 3.05) is 18.9 Å². The van der Waals surface area contributed by atoms with Crippen LogP contribution in [0.15, 0.2) is 17.0 Å². The Morgan fingerprint density at radius 2 is 1.84 bits per heavy atom. The summed E-state index contributed by atoms with van der Waals surface area (Å²) in [5, 5.41) is 3.16. The Hall–Kier alpha value is -1.81. The second kappa shape index (κ2) is 8.85. The Kier molecular flexibility index (Phi) is 6.87. The van der Waals surface area contributed by atoms with Gasteiger partial charge in [0.15, 0.2) is 0 Å². The molecule has 32 heavy (non-hydrogen) atoms. The first-order chi connectivity index (χ1) is 14.7. The van der Waals surface area contributed by atoms with Gasteiger partial charge in [-0.1, -0.05) is 0 Å². The van der Waals surface area contributed by atoms with E-state index in [1.807, 2.05) is 20.8 Å². The normalized spacial score (nSPS) is 22.7. The van der Waals surface area contributed by atoms with Gasteiger partial charge in [0.2, 0.25) is 21.9 Å². The van der Waals surface area contributed by atoms with E-state index in [1.54, 1.807) is 20.0 Å². The van der Waals surface area contributed by atoms with Crippen LogP contribution in [0.2, 0.25) is 0 Å². The molecule has 1 aliphatic heterocycles. The van der Waals surface area contributed by atoms with E-state index >= 15 is 0 Å². The maximum absolute atomic E-state index is 13.6. The van der Waals surface area contributed by atoms with E-state index in [0.29, 0.717) is 18.5 Å². The summed E-state index contributed by atoms with van der Waals surface area (Å²) < 4.78 is 55.6. The van der Waals surface area contributed by atoms with Gasteiger partial charge in [-0.25, -0.2) is 22.2 Å². The average molecular weight is 473 g/mol. The van der Waals surface area contributed by atoms with Gasteiger partial charge in [0.1, 0.15) is 16.8 Å². The predicted molar refractivity (Wildman–Crippen MR) is 119 cm³/mol. The van der Waals surface area contributed by atoms with Crippen LogP contribution in [-0.4, -0.2) is 65.7 Å². The highest BCUT2D eigenvalue weighted by Gasteiger charge is 2.44. The molecule has 180 valence electrons. The molecule has 0 spiro atoms. The van der Waals surface area contributed by atoms with E-state index in [9.17, 15) is 22.0 Å². The number of anilines is 1. The maximum atomic E-state index is 13.6. The molecular weight excluding hydrogens is 438 g/mol. The van der Waals surface area contributed by atoms with Crippen molar-refractivity contribution >= 4 is 21.7 Å². The number of likely N-dealkylation sites (N-methyl/N-ethyl adjacent to an activating group) is 1. The Morgan fingerprint density at radius 3 is 2.44 bits per heavy atom. The molecule has 2 aliphatic rings. The second-order valence-corrected chi connectivity index (χ2v) is 11.8. The number of nitrogens with zero attached hydrogens (tertiary/aromatic N) is 3. The van der Waals surface area contributed by atoms with Crippen molar-refractivity contribution in [3.63, 3.8) is 0 Å². The average Bonchev–Trinajstić information content (AvgIpc) is 3.16. The van der Waals surface area contributed by atoms with Crippen molar-refractivity contribution in [2.24, 2.45) is 0 Å². The largest absolute Gasteiger partial charge is 0.364 e. The number of sulfonamides is 1. The number of halogens is 2. The Morgan fingerprint density at radius 1 is 1.22 bits per heavy atom. The highest BCUT2D eigenvalue weighted by Crippen LogP contribution is 2.36. The molecule has 1 amide bonds. The fraction of sp³-hybridized carbons (Fsp3) is 0.727. The lowest BCUT2D eigenvalue weighted by Gasteiger charge is -2.37. The predicted octanol–water partition coefficient (Wildman–Crippen LogP) is 3.79. The van der Waals surface area contributed by atoms with Gasteiger partial charge in [-0.05, 0) is 65.5 Å². The van der Waals surface area contributed by atoms with Crippen LogP contribution in [0.1, 0.15) is 65.0 Å². The topological polar surface area (TPSA) is 82.6 Å². The molecule has 1 saturated heterocycles. The van der Waals surface area contributed by atoms with E-state index in [2.05, 4.69) is 10.3 Å². The number of carbonyl (C=O) groups excluding carboxylic acids is 1. The summed E-state index contributed by atoms with van der Waals surface area (Å²) >= 11 is 0. The van der Waals surface area contributed by atoms with E-state index < -0.39 is 27.5 Å². The van der Waals surface area contributed by atoms with Crippen LogP contribution < -0.4 is 5.32 Å². The van der Waals surface area contributed by atoms with Crippen molar-refractivity contribution in [1.29, 1.82) is 0 Å². The van der Waals surface area contributed by atoms with Crippen LogP contribution in [0, 0.1) is 6.92 Å². The first-order valence-corrected chi connectivity index (χ1v) is 12.6. The standard InChI is InChI=1S/C22H34F2N4O3S/c1-15-8-9-18(19(25-15)26-21(2,3)4)32(30,31)28-14-6-7-17(28)20(29)27(5)16-10-12-22(23,24)13-11-16/h8-9,16-17H,6-7,10-14H2,1-5H3,(H,25,26)/t17-/m0/s1. The zero-order valence-corrected chi connectivity index (χ0v) is 20.3. The van der Waals surface area contributed by atoms with E-state index in [0.717, 1.165) is 0 Å². The van der Waals surface area contributed by atoms with Crippen molar-refractivity contribution in [3.8, 4) is 0 Å². The molecule has 0 radical (unpaired) electrons. The van der Waals surface area contributed by atoms with Crippen LogP contribution in [0.4, 0.5) is 14.6 Å². The number of aromatic nitrogens is 1. The van der Waals surface area contributed by atoms with Gasteiger partial charge in [-0.3, -0.25) is 4.79 Å². The summed E-state index contributed by atoms with van der Waals surface area (Å²) in [4.78, 5) is 19.2. The minimum atomic E-state index is -3.99. The first-order valence-electron chi connectivity index (χ1n) is 11.1. The molecule has 1 saturated carbocycles. The molecule has 7 nitrogen and oxygen atoms in total. The van der Waals surface area contributed by atoms with Gasteiger partial charge in [0.25, 0.3) is 0 Å². The van der Waals surface area contributed by atoms with Gasteiger partial charge in [0, 0.05) is 43.7 Å². The van der Waals surface area contributed by atoms with Crippen molar-refractivity contribution in [2.45, 2.75) is 94.7 Å². The van der Waals surface area contributed by atoms with Crippen LogP contribution in [-0.2, 0) is 14.8 Å². The molecule has 10 heteroatoms. The Balaban J connectivity index is 1.85. The highest BCUT2D eigenvalue weighted by molar-refractivity contribution is 7.89. The number of hydrogen-bond donors (Lipinski definition) is 1. The molecule has 1 atom stereocenters. The van der Waals surface area contributed by atoms with Gasteiger partial charge >= 0.3 is 0 Å². The molecule has 0 aromatic carbocycles. The number of rotatable bonds is 5. The van der Waals surface area contributed by atoms with Crippen LogP contribution in [0.25, 0.3) is 0 Å². The van der Waals surface area contributed by atoms with E-state index in [4.69, 9.17) is 0 Å².